The summed E-state index contributed by atoms with van der Waals surface area (Å²) in [5.74, 6) is 0.747. The molecular weight excluding hydrogens is 243 g/mol. The molecule has 4 heteroatoms. The van der Waals surface area contributed by atoms with Crippen molar-refractivity contribution in [2.45, 2.75) is 12.8 Å². The fourth-order valence-electron chi connectivity index (χ4n) is 1.76. The molecule has 0 aliphatic carbocycles. The van der Waals surface area contributed by atoms with Crippen molar-refractivity contribution in [1.82, 2.24) is 10.3 Å². The van der Waals surface area contributed by atoms with Crippen LogP contribution in [0.3, 0.4) is 0 Å². The van der Waals surface area contributed by atoms with Crippen LogP contribution in [0.15, 0.2) is 30.6 Å². The first-order valence-corrected chi connectivity index (χ1v) is 5.24. The van der Waals surface area contributed by atoms with Gasteiger partial charge in [-0.2, -0.15) is 0 Å². The molecule has 0 amide bonds. The van der Waals surface area contributed by atoms with Crippen LogP contribution in [0.5, 0.6) is 0 Å². The van der Waals surface area contributed by atoms with Gasteiger partial charge in [0.1, 0.15) is 0 Å². The average Bonchev–Trinajstić information content (AvgIpc) is 2.29. The van der Waals surface area contributed by atoms with Crippen LogP contribution in [0.1, 0.15) is 18.4 Å². The molecule has 2 rings (SSSR count). The van der Waals surface area contributed by atoms with Crippen LogP contribution >= 0.6 is 24.8 Å². The lowest BCUT2D eigenvalue weighted by atomic mass is 9.97. The van der Waals surface area contributed by atoms with Crippen molar-refractivity contribution >= 4 is 30.9 Å². The maximum atomic E-state index is 4.08. The third-order valence-corrected chi connectivity index (χ3v) is 2.63. The summed E-state index contributed by atoms with van der Waals surface area (Å²) in [6.45, 7) is 2.31. The Bertz CT molecular complexity index is 295. The first-order chi connectivity index (χ1) is 6.95. The molecule has 1 fully saturated rings. The summed E-state index contributed by atoms with van der Waals surface area (Å²) >= 11 is 0. The normalized spacial score (nSPS) is 16.5. The lowest BCUT2D eigenvalue weighted by Crippen LogP contribution is -2.26. The highest BCUT2D eigenvalue weighted by molar-refractivity contribution is 5.85. The molecule has 2 heterocycles. The van der Waals surface area contributed by atoms with Gasteiger partial charge in [-0.1, -0.05) is 18.2 Å². The number of nitrogens with one attached hydrogen (secondary N) is 1. The van der Waals surface area contributed by atoms with Crippen molar-refractivity contribution in [3.8, 4) is 0 Å². The van der Waals surface area contributed by atoms with E-state index in [1.807, 2.05) is 18.5 Å². The Hall–Kier alpha value is -0.570. The minimum atomic E-state index is 0. The summed E-state index contributed by atoms with van der Waals surface area (Å²) in [4.78, 5) is 4.08. The molecule has 2 nitrogen and oxygen atoms in total. The average molecular weight is 261 g/mol. The molecule has 0 aromatic carbocycles. The minimum absolute atomic E-state index is 0. The van der Waals surface area contributed by atoms with Crippen LogP contribution < -0.4 is 5.32 Å². The van der Waals surface area contributed by atoms with Gasteiger partial charge in [-0.3, -0.25) is 4.98 Å². The van der Waals surface area contributed by atoms with Crippen molar-refractivity contribution in [3.05, 3.63) is 36.2 Å². The van der Waals surface area contributed by atoms with Crippen molar-refractivity contribution < 1.29 is 0 Å². The van der Waals surface area contributed by atoms with E-state index in [1.54, 1.807) is 0 Å². The molecule has 1 aromatic heterocycles. The Balaban J connectivity index is 0.00000112. The Kier molecular flexibility index (Phi) is 8.26. The minimum Gasteiger partial charge on any atom is -0.317 e. The van der Waals surface area contributed by atoms with Crippen LogP contribution in [0.25, 0.3) is 6.08 Å². The summed E-state index contributed by atoms with van der Waals surface area (Å²) in [6, 6.07) is 4.06. The number of aromatic nitrogens is 1. The Morgan fingerprint density at radius 1 is 1.25 bits per heavy atom. The number of nitrogens with zero attached hydrogens (tertiary/aromatic N) is 1. The second-order valence-corrected chi connectivity index (χ2v) is 3.73. The molecule has 0 radical (unpaired) electrons. The lowest BCUT2D eigenvalue weighted by molar-refractivity contribution is 0.438. The van der Waals surface area contributed by atoms with Gasteiger partial charge in [0.15, 0.2) is 0 Å². The highest BCUT2D eigenvalue weighted by atomic mass is 35.5. The molecule has 0 bridgehead atoms. The molecule has 1 N–H and O–H groups in total. The summed E-state index contributed by atoms with van der Waals surface area (Å²) < 4.78 is 0. The Morgan fingerprint density at radius 3 is 2.62 bits per heavy atom. The second kappa shape index (κ2) is 8.57. The maximum Gasteiger partial charge on any atom is 0.0340 e. The van der Waals surface area contributed by atoms with Crippen molar-refractivity contribution in [1.29, 1.82) is 0 Å². The van der Waals surface area contributed by atoms with Gasteiger partial charge in [-0.25, -0.2) is 0 Å². The number of hydrogen-bond acceptors (Lipinski definition) is 2. The zero-order chi connectivity index (χ0) is 9.64. The maximum absolute atomic E-state index is 4.08. The lowest BCUT2D eigenvalue weighted by Gasteiger charge is -2.19. The van der Waals surface area contributed by atoms with Crippen molar-refractivity contribution in [2.75, 3.05) is 13.1 Å². The molecule has 1 aliphatic heterocycles. The first kappa shape index (κ1) is 15.4. The molecule has 0 unspecified atom stereocenters. The van der Waals surface area contributed by atoms with E-state index in [0.717, 1.165) is 19.0 Å². The van der Waals surface area contributed by atoms with E-state index < -0.39 is 0 Å². The fraction of sp³-hybridized carbons (Fsp3) is 0.417. The van der Waals surface area contributed by atoms with Gasteiger partial charge in [-0.15, -0.1) is 24.8 Å². The zero-order valence-corrected chi connectivity index (χ0v) is 10.8. The number of piperidine rings is 1. The SMILES string of the molecule is C(=C\C1CCNCC1)/c1cccnc1.Cl.Cl. The largest absolute Gasteiger partial charge is 0.317 e. The summed E-state index contributed by atoms with van der Waals surface area (Å²) in [7, 11) is 0. The molecule has 16 heavy (non-hydrogen) atoms. The van der Waals surface area contributed by atoms with E-state index in [9.17, 15) is 0 Å². The van der Waals surface area contributed by atoms with Gasteiger partial charge in [0, 0.05) is 12.4 Å². The van der Waals surface area contributed by atoms with Gasteiger partial charge in [0.2, 0.25) is 0 Å². The highest BCUT2D eigenvalue weighted by Crippen LogP contribution is 2.14. The van der Waals surface area contributed by atoms with E-state index in [4.69, 9.17) is 0 Å². The smallest absolute Gasteiger partial charge is 0.0340 e. The molecular formula is C12H18Cl2N2. The van der Waals surface area contributed by atoms with Crippen LogP contribution in [-0.2, 0) is 0 Å². The third kappa shape index (κ3) is 4.97. The van der Waals surface area contributed by atoms with Crippen LogP contribution in [0, 0.1) is 5.92 Å². The van der Waals surface area contributed by atoms with Crippen LogP contribution in [0.4, 0.5) is 0 Å². The number of hydrogen-bond donors (Lipinski definition) is 1. The summed E-state index contributed by atoms with van der Waals surface area (Å²) in [5.41, 5.74) is 1.20. The van der Waals surface area contributed by atoms with E-state index >= 15 is 0 Å². The van der Waals surface area contributed by atoms with Crippen molar-refractivity contribution in [2.24, 2.45) is 5.92 Å². The quantitative estimate of drug-likeness (QED) is 0.885. The molecule has 0 atom stereocenters. The van der Waals surface area contributed by atoms with Gasteiger partial charge >= 0.3 is 0 Å². The van der Waals surface area contributed by atoms with Crippen LogP contribution in [0.2, 0.25) is 0 Å². The molecule has 0 spiro atoms. The Morgan fingerprint density at radius 2 is 2.00 bits per heavy atom. The molecule has 0 saturated carbocycles. The standard InChI is InChI=1S/C12H16N2.2ClH/c1-2-12(10-14-7-1)4-3-11-5-8-13-9-6-11;;/h1-4,7,10-11,13H,5-6,8-9H2;2*1H/b4-3+;;. The van der Waals surface area contributed by atoms with Crippen molar-refractivity contribution in [3.63, 3.8) is 0 Å². The first-order valence-electron chi connectivity index (χ1n) is 5.24. The third-order valence-electron chi connectivity index (χ3n) is 2.63. The predicted molar refractivity (Wildman–Crippen MR) is 73.4 cm³/mol. The van der Waals surface area contributed by atoms with Gasteiger partial charge in [-0.05, 0) is 43.5 Å². The van der Waals surface area contributed by atoms with Gasteiger partial charge in [0.05, 0.1) is 0 Å². The van der Waals surface area contributed by atoms with E-state index in [0.29, 0.717) is 0 Å². The fourth-order valence-corrected chi connectivity index (χ4v) is 1.76. The number of rotatable bonds is 2. The van der Waals surface area contributed by atoms with E-state index in [-0.39, 0.29) is 24.8 Å². The summed E-state index contributed by atoms with van der Waals surface area (Å²) in [6.07, 6.45) is 10.7. The van der Waals surface area contributed by atoms with Crippen LogP contribution in [-0.4, -0.2) is 18.1 Å². The second-order valence-electron chi connectivity index (χ2n) is 3.73. The molecule has 1 saturated heterocycles. The molecule has 1 aromatic rings. The van der Waals surface area contributed by atoms with E-state index in [2.05, 4.69) is 28.5 Å². The zero-order valence-electron chi connectivity index (χ0n) is 9.13. The topological polar surface area (TPSA) is 24.9 Å². The molecule has 90 valence electrons. The monoisotopic (exact) mass is 260 g/mol. The number of pyridine rings is 1. The predicted octanol–water partition coefficient (Wildman–Crippen LogP) is 2.94. The molecule has 1 aliphatic rings. The van der Waals surface area contributed by atoms with Gasteiger partial charge < -0.3 is 5.32 Å². The Labute approximate surface area is 109 Å². The van der Waals surface area contributed by atoms with Gasteiger partial charge in [0.25, 0.3) is 0 Å². The number of allylic oxidation sites excluding steroid dienone is 1. The number of halogens is 2. The highest BCUT2D eigenvalue weighted by Gasteiger charge is 2.08. The van der Waals surface area contributed by atoms with E-state index in [1.165, 1.54) is 18.4 Å². The summed E-state index contributed by atoms with van der Waals surface area (Å²) in [5, 5.41) is 3.37.